The van der Waals surface area contributed by atoms with Gasteiger partial charge in [-0.3, -0.25) is 14.3 Å². The van der Waals surface area contributed by atoms with Crippen LogP contribution in [0.15, 0.2) is 66.1 Å². The van der Waals surface area contributed by atoms with Crippen LogP contribution in [0, 0.1) is 0 Å². The SMILES string of the molecule is COc1ccc(-n2ccnc2SCC(=O)NCc2ccccc2CN2CCOCC2)cc1. The van der Waals surface area contributed by atoms with Gasteiger partial charge in [0.1, 0.15) is 5.75 Å². The molecule has 1 N–H and O–H groups in total. The molecule has 168 valence electrons. The Morgan fingerprint density at radius 2 is 1.88 bits per heavy atom. The minimum atomic E-state index is -0.0135. The van der Waals surface area contributed by atoms with Crippen LogP contribution in [0.3, 0.4) is 0 Å². The second-order valence-electron chi connectivity index (χ2n) is 7.50. The second-order valence-corrected chi connectivity index (χ2v) is 8.44. The normalized spacial score (nSPS) is 14.3. The Bertz CT molecular complexity index is 1020. The zero-order valence-corrected chi connectivity index (χ0v) is 19.0. The lowest BCUT2D eigenvalue weighted by molar-refractivity contribution is -0.118. The smallest absolute Gasteiger partial charge is 0.230 e. The summed E-state index contributed by atoms with van der Waals surface area (Å²) in [6, 6.07) is 16.0. The number of imidazole rings is 1. The van der Waals surface area contributed by atoms with Gasteiger partial charge in [-0.05, 0) is 35.4 Å². The Morgan fingerprint density at radius 3 is 2.62 bits per heavy atom. The summed E-state index contributed by atoms with van der Waals surface area (Å²) in [5.41, 5.74) is 3.37. The highest BCUT2D eigenvalue weighted by atomic mass is 32.2. The molecule has 1 amide bonds. The summed E-state index contributed by atoms with van der Waals surface area (Å²) < 4.78 is 12.6. The number of nitrogens with zero attached hydrogens (tertiary/aromatic N) is 3. The highest BCUT2D eigenvalue weighted by Gasteiger charge is 2.14. The summed E-state index contributed by atoms with van der Waals surface area (Å²) in [6.07, 6.45) is 3.64. The predicted octanol–water partition coefficient (Wildman–Crippen LogP) is 3.12. The third-order valence-corrected chi connectivity index (χ3v) is 6.35. The fraction of sp³-hybridized carbons (Fsp3) is 0.333. The number of benzene rings is 2. The standard InChI is InChI=1S/C24H28N4O3S/c1-30-22-8-6-21(7-9-22)28-11-10-25-24(28)32-18-23(29)26-16-19-4-2-3-5-20(19)17-27-12-14-31-15-13-27/h2-11H,12-18H2,1H3,(H,26,29). The Balaban J connectivity index is 1.30. The number of methoxy groups -OCH3 is 1. The number of rotatable bonds is 9. The van der Waals surface area contributed by atoms with E-state index in [2.05, 4.69) is 33.4 Å². The first kappa shape index (κ1) is 22.4. The largest absolute Gasteiger partial charge is 0.497 e. The molecule has 0 atom stereocenters. The van der Waals surface area contributed by atoms with Gasteiger partial charge in [-0.2, -0.15) is 0 Å². The average Bonchev–Trinajstić information content (AvgIpc) is 3.31. The van der Waals surface area contributed by atoms with E-state index >= 15 is 0 Å². The van der Waals surface area contributed by atoms with Gasteiger partial charge in [-0.25, -0.2) is 4.98 Å². The molecule has 1 aliphatic heterocycles. The molecule has 1 saturated heterocycles. The van der Waals surface area contributed by atoms with Crippen LogP contribution in [-0.2, 0) is 22.6 Å². The van der Waals surface area contributed by atoms with Crippen molar-refractivity contribution in [2.75, 3.05) is 39.2 Å². The summed E-state index contributed by atoms with van der Waals surface area (Å²) in [5, 5.41) is 3.83. The van der Waals surface area contributed by atoms with Crippen molar-refractivity contribution in [2.45, 2.75) is 18.2 Å². The molecule has 0 saturated carbocycles. The van der Waals surface area contributed by atoms with E-state index in [1.54, 1.807) is 13.3 Å². The summed E-state index contributed by atoms with van der Waals surface area (Å²) in [5.74, 6) is 1.09. The van der Waals surface area contributed by atoms with E-state index in [0.29, 0.717) is 12.3 Å². The molecule has 0 spiro atoms. The van der Waals surface area contributed by atoms with Gasteiger partial charge in [-0.15, -0.1) is 0 Å². The molecule has 1 aromatic heterocycles. The van der Waals surface area contributed by atoms with E-state index < -0.39 is 0 Å². The molecule has 1 fully saturated rings. The number of amides is 1. The maximum absolute atomic E-state index is 12.5. The third kappa shape index (κ3) is 5.91. The zero-order chi connectivity index (χ0) is 22.2. The van der Waals surface area contributed by atoms with Crippen LogP contribution in [0.2, 0.25) is 0 Å². The number of aromatic nitrogens is 2. The van der Waals surface area contributed by atoms with Crippen molar-refractivity contribution in [3.05, 3.63) is 72.1 Å². The van der Waals surface area contributed by atoms with Crippen molar-refractivity contribution < 1.29 is 14.3 Å². The van der Waals surface area contributed by atoms with Crippen molar-refractivity contribution in [1.29, 1.82) is 0 Å². The first-order chi connectivity index (χ1) is 15.7. The first-order valence-corrected chi connectivity index (χ1v) is 11.7. The number of hydrogen-bond donors (Lipinski definition) is 1. The van der Waals surface area contributed by atoms with Gasteiger partial charge in [-0.1, -0.05) is 36.0 Å². The Kier molecular flexibility index (Phi) is 7.82. The number of carbonyl (C=O) groups excluding carboxylic acids is 1. The van der Waals surface area contributed by atoms with E-state index in [-0.39, 0.29) is 5.91 Å². The molecule has 0 radical (unpaired) electrons. The Hall–Kier alpha value is -2.81. The second kappa shape index (κ2) is 11.2. The van der Waals surface area contributed by atoms with Crippen LogP contribution in [0.4, 0.5) is 0 Å². The molecule has 4 rings (SSSR count). The number of ether oxygens (including phenoxy) is 2. The first-order valence-electron chi connectivity index (χ1n) is 10.7. The highest BCUT2D eigenvalue weighted by molar-refractivity contribution is 7.99. The average molecular weight is 453 g/mol. The fourth-order valence-electron chi connectivity index (χ4n) is 3.60. The number of nitrogens with one attached hydrogen (secondary N) is 1. The molecule has 0 bridgehead atoms. The quantitative estimate of drug-likeness (QED) is 0.503. The van der Waals surface area contributed by atoms with E-state index in [1.807, 2.05) is 41.1 Å². The number of thioether (sulfide) groups is 1. The van der Waals surface area contributed by atoms with Gasteiger partial charge in [0.15, 0.2) is 5.16 Å². The maximum atomic E-state index is 12.5. The van der Waals surface area contributed by atoms with Gasteiger partial charge in [0.2, 0.25) is 5.91 Å². The van der Waals surface area contributed by atoms with Crippen molar-refractivity contribution >= 4 is 17.7 Å². The summed E-state index contributed by atoms with van der Waals surface area (Å²) in [7, 11) is 1.65. The summed E-state index contributed by atoms with van der Waals surface area (Å²) in [6.45, 7) is 4.84. The molecule has 2 heterocycles. The maximum Gasteiger partial charge on any atom is 0.230 e. The molecule has 2 aromatic carbocycles. The lowest BCUT2D eigenvalue weighted by atomic mass is 10.1. The van der Waals surface area contributed by atoms with Gasteiger partial charge in [0.05, 0.1) is 26.1 Å². The van der Waals surface area contributed by atoms with Crippen LogP contribution in [0.5, 0.6) is 5.75 Å². The van der Waals surface area contributed by atoms with Gasteiger partial charge in [0, 0.05) is 44.3 Å². The number of morpholine rings is 1. The Labute approximate surface area is 192 Å². The molecule has 0 unspecified atom stereocenters. The van der Waals surface area contributed by atoms with Crippen molar-refractivity contribution in [3.8, 4) is 11.4 Å². The fourth-order valence-corrected chi connectivity index (χ4v) is 4.40. The van der Waals surface area contributed by atoms with Crippen molar-refractivity contribution in [1.82, 2.24) is 19.8 Å². The van der Waals surface area contributed by atoms with E-state index in [0.717, 1.165) is 55.0 Å². The lowest BCUT2D eigenvalue weighted by Gasteiger charge is -2.27. The van der Waals surface area contributed by atoms with E-state index in [9.17, 15) is 4.79 Å². The minimum Gasteiger partial charge on any atom is -0.497 e. The van der Waals surface area contributed by atoms with Crippen molar-refractivity contribution in [2.24, 2.45) is 0 Å². The monoisotopic (exact) mass is 452 g/mol. The Morgan fingerprint density at radius 1 is 1.12 bits per heavy atom. The summed E-state index contributed by atoms with van der Waals surface area (Å²) in [4.78, 5) is 19.3. The third-order valence-electron chi connectivity index (χ3n) is 5.38. The van der Waals surface area contributed by atoms with Gasteiger partial charge < -0.3 is 14.8 Å². The predicted molar refractivity (Wildman–Crippen MR) is 125 cm³/mol. The zero-order valence-electron chi connectivity index (χ0n) is 18.2. The molecule has 32 heavy (non-hydrogen) atoms. The lowest BCUT2D eigenvalue weighted by Crippen LogP contribution is -2.36. The van der Waals surface area contributed by atoms with Crippen LogP contribution < -0.4 is 10.1 Å². The van der Waals surface area contributed by atoms with Crippen LogP contribution in [-0.4, -0.2) is 59.5 Å². The molecule has 7 nitrogen and oxygen atoms in total. The molecular weight excluding hydrogens is 424 g/mol. The topological polar surface area (TPSA) is 68.6 Å². The molecule has 3 aromatic rings. The van der Waals surface area contributed by atoms with Crippen LogP contribution in [0.25, 0.3) is 5.69 Å². The van der Waals surface area contributed by atoms with Crippen LogP contribution >= 0.6 is 11.8 Å². The van der Waals surface area contributed by atoms with Gasteiger partial charge in [0.25, 0.3) is 0 Å². The minimum absolute atomic E-state index is 0.0135. The van der Waals surface area contributed by atoms with E-state index in [1.165, 1.54) is 17.3 Å². The molecule has 1 aliphatic rings. The number of carbonyl (C=O) groups is 1. The van der Waals surface area contributed by atoms with E-state index in [4.69, 9.17) is 9.47 Å². The van der Waals surface area contributed by atoms with Crippen LogP contribution in [0.1, 0.15) is 11.1 Å². The molecule has 8 heteroatoms. The van der Waals surface area contributed by atoms with Gasteiger partial charge >= 0.3 is 0 Å². The highest BCUT2D eigenvalue weighted by Crippen LogP contribution is 2.22. The molecule has 0 aliphatic carbocycles. The molecular formula is C24H28N4O3S. The van der Waals surface area contributed by atoms with Crippen molar-refractivity contribution in [3.63, 3.8) is 0 Å². The number of hydrogen-bond acceptors (Lipinski definition) is 6. The summed E-state index contributed by atoms with van der Waals surface area (Å²) >= 11 is 1.42.